The summed E-state index contributed by atoms with van der Waals surface area (Å²) >= 11 is 0. The minimum atomic E-state index is -0.0194. The molecule has 0 radical (unpaired) electrons. The second kappa shape index (κ2) is 5.83. The van der Waals surface area contributed by atoms with E-state index in [1.54, 1.807) is 0 Å². The quantitative estimate of drug-likeness (QED) is 0.883. The summed E-state index contributed by atoms with van der Waals surface area (Å²) < 4.78 is 5.59. The first-order valence-corrected chi connectivity index (χ1v) is 7.53. The highest BCUT2D eigenvalue weighted by Gasteiger charge is 2.20. The lowest BCUT2D eigenvalue weighted by Gasteiger charge is -2.13. The van der Waals surface area contributed by atoms with Gasteiger partial charge in [-0.15, -0.1) is 0 Å². The molecule has 1 saturated carbocycles. The Morgan fingerprint density at radius 2 is 2.10 bits per heavy atom. The summed E-state index contributed by atoms with van der Waals surface area (Å²) in [6, 6.07) is 6.46. The zero-order valence-electron chi connectivity index (χ0n) is 11.7. The number of rotatable bonds is 4. The average molecular weight is 274 g/mol. The van der Waals surface area contributed by atoms with E-state index in [0.29, 0.717) is 6.04 Å². The fourth-order valence-corrected chi connectivity index (χ4v) is 3.21. The Bertz CT molecular complexity index is 495. The van der Waals surface area contributed by atoms with Crippen LogP contribution in [0.5, 0.6) is 5.75 Å². The molecular formula is C16H22N2O2. The maximum Gasteiger partial charge on any atom is 0.258 e. The van der Waals surface area contributed by atoms with E-state index in [-0.39, 0.29) is 18.6 Å². The van der Waals surface area contributed by atoms with E-state index in [0.717, 1.165) is 31.4 Å². The number of nitrogens with one attached hydrogen (secondary N) is 1. The third-order valence-corrected chi connectivity index (χ3v) is 4.33. The maximum atomic E-state index is 11.8. The van der Waals surface area contributed by atoms with Crippen molar-refractivity contribution in [1.29, 1.82) is 0 Å². The highest BCUT2D eigenvalue weighted by atomic mass is 16.5. The number of nitrogens with two attached hydrogens (primary N) is 1. The number of fused-ring (bicyclic) bond motifs is 1. The first-order valence-electron chi connectivity index (χ1n) is 7.53. The van der Waals surface area contributed by atoms with E-state index in [9.17, 15) is 4.79 Å². The minimum Gasteiger partial charge on any atom is -0.484 e. The van der Waals surface area contributed by atoms with Crippen LogP contribution in [-0.4, -0.2) is 18.6 Å². The standard InChI is InChI=1S/C16H22N2O2/c17-15-8-5-11-9-13(6-7-14(11)15)20-10-16(19)18-12-3-1-2-4-12/h6-7,9,12,15H,1-5,8,10,17H2,(H,18,19). The van der Waals surface area contributed by atoms with Gasteiger partial charge in [-0.05, 0) is 48.9 Å². The van der Waals surface area contributed by atoms with Crippen LogP contribution in [0.2, 0.25) is 0 Å². The van der Waals surface area contributed by atoms with Gasteiger partial charge in [-0.2, -0.15) is 0 Å². The highest BCUT2D eigenvalue weighted by Crippen LogP contribution is 2.31. The van der Waals surface area contributed by atoms with Crippen molar-refractivity contribution in [3.05, 3.63) is 29.3 Å². The molecule has 4 heteroatoms. The van der Waals surface area contributed by atoms with E-state index >= 15 is 0 Å². The van der Waals surface area contributed by atoms with Crippen molar-refractivity contribution in [1.82, 2.24) is 5.32 Å². The zero-order chi connectivity index (χ0) is 13.9. The number of amides is 1. The van der Waals surface area contributed by atoms with E-state index in [4.69, 9.17) is 10.5 Å². The summed E-state index contributed by atoms with van der Waals surface area (Å²) in [7, 11) is 0. The molecule has 1 aromatic carbocycles. The molecule has 1 unspecified atom stereocenters. The van der Waals surface area contributed by atoms with Crippen molar-refractivity contribution in [3.63, 3.8) is 0 Å². The van der Waals surface area contributed by atoms with Gasteiger partial charge in [-0.3, -0.25) is 4.79 Å². The molecule has 2 aliphatic carbocycles. The van der Waals surface area contributed by atoms with Crippen LogP contribution in [0, 0.1) is 0 Å². The summed E-state index contributed by atoms with van der Waals surface area (Å²) in [5.41, 5.74) is 8.48. The Balaban J connectivity index is 1.52. The topological polar surface area (TPSA) is 64.3 Å². The summed E-state index contributed by atoms with van der Waals surface area (Å²) in [6.45, 7) is 0.0986. The molecule has 1 atom stereocenters. The molecule has 1 amide bonds. The molecule has 1 fully saturated rings. The Kier molecular flexibility index (Phi) is 3.92. The number of hydrogen-bond acceptors (Lipinski definition) is 3. The largest absolute Gasteiger partial charge is 0.484 e. The van der Waals surface area contributed by atoms with E-state index in [1.165, 1.54) is 24.0 Å². The SMILES string of the molecule is NC1CCc2cc(OCC(=O)NC3CCCC3)ccc21. The molecule has 0 aromatic heterocycles. The van der Waals surface area contributed by atoms with Gasteiger partial charge in [-0.1, -0.05) is 18.9 Å². The van der Waals surface area contributed by atoms with Gasteiger partial charge in [0.1, 0.15) is 5.75 Å². The lowest BCUT2D eigenvalue weighted by atomic mass is 10.1. The van der Waals surface area contributed by atoms with Gasteiger partial charge in [0, 0.05) is 12.1 Å². The summed E-state index contributed by atoms with van der Waals surface area (Å²) in [5.74, 6) is 0.744. The summed E-state index contributed by atoms with van der Waals surface area (Å²) in [4.78, 5) is 11.8. The smallest absolute Gasteiger partial charge is 0.258 e. The zero-order valence-corrected chi connectivity index (χ0v) is 11.7. The van der Waals surface area contributed by atoms with E-state index < -0.39 is 0 Å². The van der Waals surface area contributed by atoms with E-state index in [2.05, 4.69) is 5.32 Å². The van der Waals surface area contributed by atoms with Gasteiger partial charge in [0.15, 0.2) is 6.61 Å². The predicted molar refractivity (Wildman–Crippen MR) is 77.6 cm³/mol. The Morgan fingerprint density at radius 3 is 2.90 bits per heavy atom. The lowest BCUT2D eigenvalue weighted by Crippen LogP contribution is -2.36. The van der Waals surface area contributed by atoms with Crippen LogP contribution in [0.4, 0.5) is 0 Å². The molecule has 20 heavy (non-hydrogen) atoms. The number of hydrogen-bond donors (Lipinski definition) is 2. The van der Waals surface area contributed by atoms with Gasteiger partial charge in [0.25, 0.3) is 5.91 Å². The molecule has 3 N–H and O–H groups in total. The molecule has 0 saturated heterocycles. The first-order chi connectivity index (χ1) is 9.72. The van der Waals surface area contributed by atoms with Crippen molar-refractivity contribution in [2.75, 3.05) is 6.61 Å². The van der Waals surface area contributed by atoms with Crippen molar-refractivity contribution in [3.8, 4) is 5.75 Å². The Morgan fingerprint density at radius 1 is 1.30 bits per heavy atom. The van der Waals surface area contributed by atoms with Crippen LogP contribution < -0.4 is 15.8 Å². The first kappa shape index (κ1) is 13.4. The van der Waals surface area contributed by atoms with Crippen LogP contribution in [0.15, 0.2) is 18.2 Å². The molecule has 3 rings (SSSR count). The Labute approximate surface area is 119 Å². The van der Waals surface area contributed by atoms with Crippen LogP contribution >= 0.6 is 0 Å². The van der Waals surface area contributed by atoms with Crippen molar-refractivity contribution >= 4 is 5.91 Å². The molecule has 0 aliphatic heterocycles. The number of aryl methyl sites for hydroxylation is 1. The number of ether oxygens (including phenoxy) is 1. The van der Waals surface area contributed by atoms with Crippen molar-refractivity contribution < 1.29 is 9.53 Å². The fraction of sp³-hybridized carbons (Fsp3) is 0.562. The highest BCUT2D eigenvalue weighted by molar-refractivity contribution is 5.77. The fourth-order valence-electron chi connectivity index (χ4n) is 3.21. The van der Waals surface area contributed by atoms with Gasteiger partial charge in [0.05, 0.1) is 0 Å². The van der Waals surface area contributed by atoms with Crippen LogP contribution in [0.3, 0.4) is 0 Å². The second-order valence-corrected chi connectivity index (χ2v) is 5.84. The van der Waals surface area contributed by atoms with Gasteiger partial charge in [0.2, 0.25) is 0 Å². The molecule has 0 spiro atoms. The molecule has 0 bridgehead atoms. The van der Waals surface area contributed by atoms with Crippen LogP contribution in [-0.2, 0) is 11.2 Å². The average Bonchev–Trinajstić information content (AvgIpc) is 3.07. The molecule has 1 aromatic rings. The third-order valence-electron chi connectivity index (χ3n) is 4.33. The lowest BCUT2D eigenvalue weighted by molar-refractivity contribution is -0.123. The van der Waals surface area contributed by atoms with E-state index in [1.807, 2.05) is 18.2 Å². The molecular weight excluding hydrogens is 252 g/mol. The maximum absolute atomic E-state index is 11.8. The number of carbonyl (C=O) groups is 1. The molecule has 0 heterocycles. The molecule has 4 nitrogen and oxygen atoms in total. The molecule has 2 aliphatic rings. The molecule has 108 valence electrons. The number of benzene rings is 1. The van der Waals surface area contributed by atoms with Gasteiger partial charge in [-0.25, -0.2) is 0 Å². The normalized spacial score (nSPS) is 21.8. The second-order valence-electron chi connectivity index (χ2n) is 5.84. The Hall–Kier alpha value is -1.55. The monoisotopic (exact) mass is 274 g/mol. The van der Waals surface area contributed by atoms with Gasteiger partial charge < -0.3 is 15.8 Å². The van der Waals surface area contributed by atoms with Crippen LogP contribution in [0.25, 0.3) is 0 Å². The predicted octanol–water partition coefficient (Wildman–Crippen LogP) is 2.07. The van der Waals surface area contributed by atoms with Gasteiger partial charge >= 0.3 is 0 Å². The minimum absolute atomic E-state index is 0.0194. The summed E-state index contributed by atoms with van der Waals surface area (Å²) in [5, 5.41) is 3.02. The summed E-state index contributed by atoms with van der Waals surface area (Å²) in [6.07, 6.45) is 6.64. The van der Waals surface area contributed by atoms with Crippen molar-refractivity contribution in [2.24, 2.45) is 5.73 Å². The van der Waals surface area contributed by atoms with Crippen LogP contribution in [0.1, 0.15) is 49.3 Å². The third kappa shape index (κ3) is 2.96. The number of carbonyl (C=O) groups excluding carboxylic acids is 1. The van der Waals surface area contributed by atoms with Crippen molar-refractivity contribution in [2.45, 2.75) is 50.6 Å².